The maximum atomic E-state index is 14.1. The minimum atomic E-state index is -0.508. The average Bonchev–Trinajstić information content (AvgIpc) is 3.18. The van der Waals surface area contributed by atoms with E-state index in [-0.39, 0.29) is 23.8 Å². The highest BCUT2D eigenvalue weighted by atomic mass is 35.5. The number of hydrogen-bond donors (Lipinski definition) is 0. The standard InChI is InChI=1S/C25H20ClFO5/c1-3-30-25(28)23-18-13-17(31-14-19-20(26)5-4-6-21(19)27)11-12-22(18)32-24(23)15-7-9-16(29-2)10-8-15/h4-13H,3,14H2,1-2H3. The second kappa shape index (κ2) is 9.32. The van der Waals surface area contributed by atoms with E-state index in [1.165, 1.54) is 12.1 Å². The quantitative estimate of drug-likeness (QED) is 0.292. The van der Waals surface area contributed by atoms with Crippen molar-refractivity contribution < 1.29 is 27.8 Å². The van der Waals surface area contributed by atoms with Crippen molar-refractivity contribution in [2.24, 2.45) is 0 Å². The summed E-state index contributed by atoms with van der Waals surface area (Å²) in [6.45, 7) is 1.89. The van der Waals surface area contributed by atoms with E-state index in [4.69, 9.17) is 30.2 Å². The van der Waals surface area contributed by atoms with E-state index >= 15 is 0 Å². The third-order valence-corrected chi connectivity index (χ3v) is 5.29. The first-order chi connectivity index (χ1) is 15.5. The number of fused-ring (bicyclic) bond motifs is 1. The number of carbonyl (C=O) groups is 1. The molecule has 0 atom stereocenters. The molecule has 4 aromatic rings. The van der Waals surface area contributed by atoms with Crippen LogP contribution in [0.2, 0.25) is 5.02 Å². The highest BCUT2D eigenvalue weighted by Gasteiger charge is 2.24. The van der Waals surface area contributed by atoms with Gasteiger partial charge in [-0.15, -0.1) is 0 Å². The molecular weight excluding hydrogens is 435 g/mol. The fourth-order valence-electron chi connectivity index (χ4n) is 3.34. The van der Waals surface area contributed by atoms with Crippen LogP contribution in [0.5, 0.6) is 11.5 Å². The van der Waals surface area contributed by atoms with Crippen molar-refractivity contribution in [2.75, 3.05) is 13.7 Å². The number of hydrogen-bond acceptors (Lipinski definition) is 5. The molecule has 0 N–H and O–H groups in total. The van der Waals surface area contributed by atoms with Crippen LogP contribution in [0.15, 0.2) is 65.1 Å². The predicted octanol–water partition coefficient (Wildman–Crippen LogP) is 6.66. The smallest absolute Gasteiger partial charge is 0.342 e. The summed E-state index contributed by atoms with van der Waals surface area (Å²) in [6.07, 6.45) is 0. The van der Waals surface area contributed by atoms with Gasteiger partial charge in [0.15, 0.2) is 0 Å². The van der Waals surface area contributed by atoms with Gasteiger partial charge in [0, 0.05) is 16.5 Å². The van der Waals surface area contributed by atoms with E-state index in [0.29, 0.717) is 39.4 Å². The normalized spacial score (nSPS) is 10.9. The molecule has 1 heterocycles. The largest absolute Gasteiger partial charge is 0.497 e. The molecular formula is C25H20ClFO5. The number of carbonyl (C=O) groups excluding carboxylic acids is 1. The summed E-state index contributed by atoms with van der Waals surface area (Å²) >= 11 is 6.08. The van der Waals surface area contributed by atoms with Crippen LogP contribution >= 0.6 is 11.6 Å². The molecule has 0 radical (unpaired) electrons. The van der Waals surface area contributed by atoms with Gasteiger partial charge in [0.2, 0.25) is 0 Å². The Kier molecular flexibility index (Phi) is 6.32. The fourth-order valence-corrected chi connectivity index (χ4v) is 3.56. The highest BCUT2D eigenvalue weighted by Crippen LogP contribution is 2.37. The Bertz CT molecular complexity index is 1240. The summed E-state index contributed by atoms with van der Waals surface area (Å²) in [5.41, 5.74) is 1.74. The first-order valence-corrected chi connectivity index (χ1v) is 10.3. The highest BCUT2D eigenvalue weighted by molar-refractivity contribution is 6.31. The summed E-state index contributed by atoms with van der Waals surface area (Å²) in [4.78, 5) is 12.8. The molecule has 3 aromatic carbocycles. The Labute approximate surface area is 189 Å². The molecule has 0 saturated heterocycles. The van der Waals surface area contributed by atoms with Crippen LogP contribution in [0.3, 0.4) is 0 Å². The van der Waals surface area contributed by atoms with Gasteiger partial charge in [0.1, 0.15) is 40.8 Å². The molecule has 0 saturated carbocycles. The minimum Gasteiger partial charge on any atom is -0.497 e. The van der Waals surface area contributed by atoms with Crippen LogP contribution in [0.25, 0.3) is 22.3 Å². The molecule has 0 aliphatic heterocycles. The lowest BCUT2D eigenvalue weighted by Crippen LogP contribution is -2.05. The summed E-state index contributed by atoms with van der Waals surface area (Å²) in [5, 5.41) is 0.815. The van der Waals surface area contributed by atoms with Gasteiger partial charge < -0.3 is 18.6 Å². The molecule has 32 heavy (non-hydrogen) atoms. The van der Waals surface area contributed by atoms with Crippen molar-refractivity contribution in [1.29, 1.82) is 0 Å². The predicted molar refractivity (Wildman–Crippen MR) is 120 cm³/mol. The maximum absolute atomic E-state index is 14.1. The van der Waals surface area contributed by atoms with Gasteiger partial charge in [-0.25, -0.2) is 9.18 Å². The van der Waals surface area contributed by atoms with Crippen LogP contribution in [0.1, 0.15) is 22.8 Å². The third kappa shape index (κ3) is 4.27. The van der Waals surface area contributed by atoms with E-state index in [2.05, 4.69) is 0 Å². The van der Waals surface area contributed by atoms with Crippen LogP contribution in [0.4, 0.5) is 4.39 Å². The fraction of sp³-hybridized carbons (Fsp3) is 0.160. The third-order valence-electron chi connectivity index (χ3n) is 4.94. The van der Waals surface area contributed by atoms with Gasteiger partial charge in [-0.05, 0) is 61.5 Å². The number of methoxy groups -OCH3 is 1. The Hall–Kier alpha value is -3.51. The van der Waals surface area contributed by atoms with Gasteiger partial charge in [0.05, 0.1) is 18.7 Å². The van der Waals surface area contributed by atoms with Crippen LogP contribution in [0, 0.1) is 5.82 Å². The SMILES string of the molecule is CCOC(=O)c1c(-c2ccc(OC)cc2)oc2ccc(OCc3c(F)cccc3Cl)cc12. The van der Waals surface area contributed by atoms with E-state index in [0.717, 1.165) is 0 Å². The van der Waals surface area contributed by atoms with E-state index in [9.17, 15) is 9.18 Å². The van der Waals surface area contributed by atoms with Crippen molar-refractivity contribution in [2.45, 2.75) is 13.5 Å². The number of esters is 1. The summed E-state index contributed by atoms with van der Waals surface area (Å²) in [5.74, 6) is 0.548. The summed E-state index contributed by atoms with van der Waals surface area (Å²) in [6, 6.07) is 16.7. The van der Waals surface area contributed by atoms with Gasteiger partial charge in [-0.1, -0.05) is 17.7 Å². The minimum absolute atomic E-state index is 0.0606. The molecule has 0 fully saturated rings. The molecule has 0 spiro atoms. The van der Waals surface area contributed by atoms with Gasteiger partial charge >= 0.3 is 5.97 Å². The second-order valence-corrected chi connectivity index (χ2v) is 7.31. The van der Waals surface area contributed by atoms with Crippen LogP contribution < -0.4 is 9.47 Å². The van der Waals surface area contributed by atoms with E-state index in [1.54, 1.807) is 62.6 Å². The molecule has 0 aliphatic rings. The number of rotatable bonds is 7. The molecule has 5 nitrogen and oxygen atoms in total. The van der Waals surface area contributed by atoms with Crippen molar-refractivity contribution in [3.05, 3.63) is 82.6 Å². The molecule has 0 amide bonds. The first kappa shape index (κ1) is 21.7. The zero-order chi connectivity index (χ0) is 22.7. The lowest BCUT2D eigenvalue weighted by molar-refractivity contribution is 0.0528. The Balaban J connectivity index is 1.74. The second-order valence-electron chi connectivity index (χ2n) is 6.90. The lowest BCUT2D eigenvalue weighted by atomic mass is 10.1. The van der Waals surface area contributed by atoms with Crippen molar-refractivity contribution in [1.82, 2.24) is 0 Å². The van der Waals surface area contributed by atoms with E-state index < -0.39 is 11.8 Å². The number of ether oxygens (including phenoxy) is 3. The zero-order valence-electron chi connectivity index (χ0n) is 17.5. The monoisotopic (exact) mass is 454 g/mol. The van der Waals surface area contributed by atoms with Crippen molar-refractivity contribution in [3.8, 4) is 22.8 Å². The molecule has 4 rings (SSSR count). The van der Waals surface area contributed by atoms with Crippen LogP contribution in [-0.4, -0.2) is 19.7 Å². The van der Waals surface area contributed by atoms with Gasteiger partial charge in [-0.2, -0.15) is 0 Å². The summed E-state index contributed by atoms with van der Waals surface area (Å²) < 4.78 is 36.3. The molecule has 164 valence electrons. The molecule has 7 heteroatoms. The number of halogens is 2. The molecule has 1 aromatic heterocycles. The topological polar surface area (TPSA) is 57.9 Å². The Morgan fingerprint density at radius 2 is 1.81 bits per heavy atom. The molecule has 0 unspecified atom stereocenters. The van der Waals surface area contributed by atoms with Crippen LogP contribution in [-0.2, 0) is 11.3 Å². The number of benzene rings is 3. The summed E-state index contributed by atoms with van der Waals surface area (Å²) in [7, 11) is 1.58. The van der Waals surface area contributed by atoms with Crippen molar-refractivity contribution >= 4 is 28.5 Å². The van der Waals surface area contributed by atoms with Gasteiger partial charge in [0.25, 0.3) is 0 Å². The van der Waals surface area contributed by atoms with Crippen molar-refractivity contribution in [3.63, 3.8) is 0 Å². The lowest BCUT2D eigenvalue weighted by Gasteiger charge is -2.09. The zero-order valence-corrected chi connectivity index (χ0v) is 18.2. The molecule has 0 bridgehead atoms. The molecule has 0 aliphatic carbocycles. The van der Waals surface area contributed by atoms with Gasteiger partial charge in [-0.3, -0.25) is 0 Å². The maximum Gasteiger partial charge on any atom is 0.342 e. The first-order valence-electron chi connectivity index (χ1n) is 9.95. The Morgan fingerprint density at radius 3 is 2.50 bits per heavy atom. The van der Waals surface area contributed by atoms with E-state index in [1.807, 2.05) is 0 Å². The average molecular weight is 455 g/mol. The number of furan rings is 1. The Morgan fingerprint density at radius 1 is 1.06 bits per heavy atom.